The number of phenols is 1. The smallest absolute Gasteiger partial charge is 0.192 e. The minimum Gasteiger partial charge on any atom is -0.507 e. The van der Waals surface area contributed by atoms with Crippen molar-refractivity contribution in [2.24, 2.45) is 0 Å². The van der Waals surface area contributed by atoms with Gasteiger partial charge in [-0.25, -0.2) is 0 Å². The number of guanidine groups is 1. The lowest BCUT2D eigenvalue weighted by molar-refractivity contribution is 0.365. The van der Waals surface area contributed by atoms with Gasteiger partial charge in [0.15, 0.2) is 5.96 Å². The van der Waals surface area contributed by atoms with Crippen LogP contribution in [0.3, 0.4) is 0 Å². The van der Waals surface area contributed by atoms with Gasteiger partial charge in [-0.05, 0) is 60.0 Å². The third kappa shape index (κ3) is 10.2. The number of phenolic OH excluding ortho intramolecular Hbond substituents is 1. The van der Waals surface area contributed by atoms with Gasteiger partial charge in [0.2, 0.25) is 0 Å². The first-order chi connectivity index (χ1) is 12.3. The van der Waals surface area contributed by atoms with Gasteiger partial charge in [-0.1, -0.05) is 0 Å². The molecule has 27 heavy (non-hydrogen) atoms. The summed E-state index contributed by atoms with van der Waals surface area (Å²) in [5.41, 5.74) is 3.25. The number of hydrogen-bond donors (Lipinski definition) is 2. The molecule has 0 bridgehead atoms. The van der Waals surface area contributed by atoms with E-state index >= 15 is 0 Å². The lowest BCUT2D eigenvalue weighted by atomic mass is 10.0. The van der Waals surface area contributed by atoms with Gasteiger partial charge in [0.25, 0.3) is 0 Å². The van der Waals surface area contributed by atoms with Crippen LogP contribution in [0.15, 0.2) is 12.1 Å². The van der Waals surface area contributed by atoms with E-state index < -0.39 is 0 Å². The molecule has 0 spiro atoms. The summed E-state index contributed by atoms with van der Waals surface area (Å²) in [7, 11) is 19.6. The average Bonchev–Trinajstić information content (AvgIpc) is 2.49. The molecule has 1 rings (SSSR count). The van der Waals surface area contributed by atoms with Crippen molar-refractivity contribution in [1.29, 1.82) is 5.41 Å². The maximum Gasteiger partial charge on any atom is 0.192 e. The molecule has 0 amide bonds. The fraction of sp³-hybridized carbons (Fsp3) is 0.650. The van der Waals surface area contributed by atoms with Crippen LogP contribution in [0.1, 0.15) is 16.7 Å². The van der Waals surface area contributed by atoms with Crippen molar-refractivity contribution in [3.8, 4) is 5.75 Å². The SMILES string of the molecule is CN(C)C(=N)N(C)C.CN(C)Cc1cc(CN(C)C)c(O)c(CN(C)C)c1. The van der Waals surface area contributed by atoms with Gasteiger partial charge in [-0.15, -0.1) is 0 Å². The molecule has 0 aliphatic carbocycles. The van der Waals surface area contributed by atoms with Gasteiger partial charge in [0.05, 0.1) is 0 Å². The monoisotopic (exact) mass is 380 g/mol. The van der Waals surface area contributed by atoms with E-state index in [0.29, 0.717) is 11.7 Å². The Morgan fingerprint density at radius 2 is 1.04 bits per heavy atom. The Morgan fingerprint density at radius 3 is 1.26 bits per heavy atom. The summed E-state index contributed by atoms with van der Waals surface area (Å²) in [6.45, 7) is 2.40. The lowest BCUT2D eigenvalue weighted by Gasteiger charge is -2.19. The summed E-state index contributed by atoms with van der Waals surface area (Å²) in [5, 5.41) is 17.6. The summed E-state index contributed by atoms with van der Waals surface area (Å²) in [6.07, 6.45) is 0. The number of hydrogen-bond acceptors (Lipinski definition) is 5. The molecule has 0 radical (unpaired) electrons. The number of rotatable bonds is 6. The highest BCUT2D eigenvalue weighted by atomic mass is 16.3. The number of aromatic hydroxyl groups is 1. The molecule has 1 aromatic rings. The van der Waals surface area contributed by atoms with Gasteiger partial charge in [-0.3, -0.25) is 5.41 Å². The van der Waals surface area contributed by atoms with Crippen molar-refractivity contribution in [3.05, 3.63) is 28.8 Å². The van der Waals surface area contributed by atoms with Crippen LogP contribution >= 0.6 is 0 Å². The Hall–Kier alpha value is -1.83. The molecular formula is C20H40N6O. The molecule has 2 N–H and O–H groups in total. The van der Waals surface area contributed by atoms with E-state index in [1.54, 1.807) is 9.80 Å². The van der Waals surface area contributed by atoms with Crippen LogP contribution in [-0.4, -0.2) is 106 Å². The zero-order valence-corrected chi connectivity index (χ0v) is 19.0. The molecule has 0 heterocycles. The van der Waals surface area contributed by atoms with Gasteiger partial charge >= 0.3 is 0 Å². The second kappa shape index (κ2) is 11.8. The molecule has 7 nitrogen and oxygen atoms in total. The molecule has 0 aliphatic heterocycles. The first-order valence-corrected chi connectivity index (χ1v) is 9.06. The van der Waals surface area contributed by atoms with Gasteiger partial charge < -0.3 is 29.6 Å². The van der Waals surface area contributed by atoms with Gasteiger partial charge in [-0.2, -0.15) is 0 Å². The van der Waals surface area contributed by atoms with Crippen LogP contribution in [-0.2, 0) is 19.6 Å². The van der Waals surface area contributed by atoms with Gasteiger partial charge in [0, 0.05) is 59.0 Å². The molecule has 0 saturated heterocycles. The Bertz CT molecular complexity index is 541. The van der Waals surface area contributed by atoms with Crippen molar-refractivity contribution in [2.45, 2.75) is 19.6 Å². The summed E-state index contributed by atoms with van der Waals surface area (Å²) < 4.78 is 0. The predicted octanol–water partition coefficient (Wildman–Crippen LogP) is 1.62. The third-order valence-electron chi connectivity index (χ3n) is 3.65. The van der Waals surface area contributed by atoms with E-state index in [1.165, 1.54) is 5.56 Å². The van der Waals surface area contributed by atoms with Crippen LogP contribution in [0.5, 0.6) is 5.75 Å². The van der Waals surface area contributed by atoms with E-state index in [2.05, 4.69) is 40.9 Å². The highest BCUT2D eigenvalue weighted by Crippen LogP contribution is 2.27. The zero-order valence-electron chi connectivity index (χ0n) is 19.0. The molecule has 1 aromatic carbocycles. The Kier molecular flexibility index (Phi) is 11.0. The molecule has 0 aromatic heterocycles. The predicted molar refractivity (Wildman–Crippen MR) is 115 cm³/mol. The van der Waals surface area contributed by atoms with E-state index in [4.69, 9.17) is 5.41 Å². The highest BCUT2D eigenvalue weighted by molar-refractivity contribution is 5.75. The maximum absolute atomic E-state index is 10.4. The Labute approximate surface area is 166 Å². The standard InChI is InChI=1S/C15H27N3O.C5H13N3/c1-16(2)9-12-7-13(10-17(3)4)15(19)14(8-12)11-18(5)6;1-7(2)5(6)8(3)4/h7-8,19H,9-11H2,1-6H3;6H,1-4H3. The minimum absolute atomic E-state index is 0.435. The van der Waals surface area contributed by atoms with E-state index in [-0.39, 0.29) is 0 Å². The molecule has 0 fully saturated rings. The topological polar surface area (TPSA) is 60.3 Å². The lowest BCUT2D eigenvalue weighted by Crippen LogP contribution is -2.34. The van der Waals surface area contributed by atoms with Crippen LogP contribution in [0.25, 0.3) is 0 Å². The zero-order chi connectivity index (χ0) is 21.3. The van der Waals surface area contributed by atoms with E-state index in [0.717, 1.165) is 30.8 Å². The Balaban J connectivity index is 0.000000713. The normalized spacial score (nSPS) is 10.9. The van der Waals surface area contributed by atoms with Crippen molar-refractivity contribution >= 4 is 5.96 Å². The number of nitrogens with one attached hydrogen (secondary N) is 1. The molecule has 0 unspecified atom stereocenters. The first kappa shape index (κ1) is 25.2. The largest absolute Gasteiger partial charge is 0.507 e. The van der Waals surface area contributed by atoms with Gasteiger partial charge in [0.1, 0.15) is 5.75 Å². The van der Waals surface area contributed by atoms with Crippen LogP contribution in [0.4, 0.5) is 0 Å². The molecule has 0 atom stereocenters. The minimum atomic E-state index is 0.435. The fourth-order valence-electron chi connectivity index (χ4n) is 2.61. The highest BCUT2D eigenvalue weighted by Gasteiger charge is 2.12. The molecule has 7 heteroatoms. The molecular weight excluding hydrogens is 340 g/mol. The fourth-order valence-corrected chi connectivity index (χ4v) is 2.61. The Morgan fingerprint density at radius 1 is 0.704 bits per heavy atom. The molecule has 0 saturated carbocycles. The van der Waals surface area contributed by atoms with Crippen LogP contribution < -0.4 is 0 Å². The summed E-state index contributed by atoms with van der Waals surface area (Å²) in [5.74, 6) is 0.954. The quantitative estimate of drug-likeness (QED) is 0.578. The second-order valence-electron chi connectivity index (χ2n) is 8.09. The van der Waals surface area contributed by atoms with E-state index in [9.17, 15) is 5.11 Å². The summed E-state index contributed by atoms with van der Waals surface area (Å²) in [4.78, 5) is 9.80. The number of benzene rings is 1. The van der Waals surface area contributed by atoms with Crippen LogP contribution in [0.2, 0.25) is 0 Å². The molecule has 0 aliphatic rings. The number of nitrogens with zero attached hydrogens (tertiary/aromatic N) is 5. The van der Waals surface area contributed by atoms with Crippen molar-refractivity contribution in [2.75, 3.05) is 70.5 Å². The summed E-state index contributed by atoms with van der Waals surface area (Å²) in [6, 6.07) is 4.21. The molecule has 156 valence electrons. The van der Waals surface area contributed by atoms with Crippen molar-refractivity contribution in [1.82, 2.24) is 24.5 Å². The second-order valence-corrected chi connectivity index (χ2v) is 8.09. The first-order valence-electron chi connectivity index (χ1n) is 9.06. The van der Waals surface area contributed by atoms with Crippen LogP contribution in [0, 0.1) is 5.41 Å². The van der Waals surface area contributed by atoms with Crippen molar-refractivity contribution in [3.63, 3.8) is 0 Å². The third-order valence-corrected chi connectivity index (χ3v) is 3.65. The average molecular weight is 381 g/mol. The summed E-state index contributed by atoms with van der Waals surface area (Å²) >= 11 is 0. The maximum atomic E-state index is 10.4. The van der Waals surface area contributed by atoms with Crippen molar-refractivity contribution < 1.29 is 5.11 Å². The van der Waals surface area contributed by atoms with E-state index in [1.807, 2.05) is 56.4 Å².